The van der Waals surface area contributed by atoms with Crippen LogP contribution in [0.4, 0.5) is 0 Å². The molecule has 2 heterocycles. The first kappa shape index (κ1) is 18.4. The van der Waals surface area contributed by atoms with Gasteiger partial charge in [0.15, 0.2) is 0 Å². The lowest BCUT2D eigenvalue weighted by Gasteiger charge is -2.18. The summed E-state index contributed by atoms with van der Waals surface area (Å²) in [5.41, 5.74) is 3.19. The second-order valence-corrected chi connectivity index (χ2v) is 7.61. The average Bonchev–Trinajstić information content (AvgIpc) is 3.11. The number of hydrogen-bond acceptors (Lipinski definition) is 3. The van der Waals surface area contributed by atoms with Crippen molar-refractivity contribution in [3.8, 4) is 11.3 Å². The van der Waals surface area contributed by atoms with Crippen LogP contribution in [0.2, 0.25) is 0 Å². The average molecular weight is 435 g/mol. The number of nitrogens with zero attached hydrogens (tertiary/aromatic N) is 4. The molecule has 4 rings (SSSR count). The first-order valence-electron chi connectivity index (χ1n) is 8.90. The maximum Gasteiger partial charge on any atom is 0.254 e. The number of para-hydroxylation sites is 1. The van der Waals surface area contributed by atoms with Crippen molar-refractivity contribution in [1.29, 1.82) is 0 Å². The third-order valence-corrected chi connectivity index (χ3v) is 5.26. The molecule has 0 saturated carbocycles. The molecule has 2 aromatic heterocycles. The van der Waals surface area contributed by atoms with E-state index in [4.69, 9.17) is 4.98 Å². The maximum absolute atomic E-state index is 13.3. The van der Waals surface area contributed by atoms with Gasteiger partial charge in [-0.3, -0.25) is 4.79 Å². The third-order valence-electron chi connectivity index (χ3n) is 4.73. The number of aromatic nitrogens is 3. The predicted octanol–water partition coefficient (Wildman–Crippen LogP) is 4.67. The van der Waals surface area contributed by atoms with Crippen molar-refractivity contribution in [3.05, 3.63) is 82.9 Å². The molecule has 140 valence electrons. The number of fused-ring (bicyclic) bond motifs is 1. The van der Waals surface area contributed by atoms with Crippen molar-refractivity contribution in [1.82, 2.24) is 19.4 Å². The third kappa shape index (κ3) is 3.55. The van der Waals surface area contributed by atoms with Gasteiger partial charge >= 0.3 is 0 Å². The molecule has 0 atom stereocenters. The molecule has 5 nitrogen and oxygen atoms in total. The van der Waals surface area contributed by atoms with Gasteiger partial charge in [-0.1, -0.05) is 46.3 Å². The zero-order chi connectivity index (χ0) is 19.7. The van der Waals surface area contributed by atoms with Gasteiger partial charge in [0.25, 0.3) is 5.91 Å². The van der Waals surface area contributed by atoms with Gasteiger partial charge in [0.1, 0.15) is 5.82 Å². The van der Waals surface area contributed by atoms with E-state index in [2.05, 4.69) is 20.9 Å². The number of hydrogen-bond donors (Lipinski definition) is 0. The fourth-order valence-electron chi connectivity index (χ4n) is 3.16. The second kappa shape index (κ2) is 7.56. The normalized spacial score (nSPS) is 11.0. The summed E-state index contributed by atoms with van der Waals surface area (Å²) in [5.74, 6) is 0.780. The van der Waals surface area contributed by atoms with Crippen LogP contribution in [-0.4, -0.2) is 32.4 Å². The number of imidazole rings is 1. The van der Waals surface area contributed by atoms with Crippen molar-refractivity contribution in [2.24, 2.45) is 7.05 Å². The zero-order valence-electron chi connectivity index (χ0n) is 15.6. The Bertz CT molecular complexity index is 1150. The molecule has 6 heteroatoms. The fourth-order valence-corrected chi connectivity index (χ4v) is 3.42. The Morgan fingerprint density at radius 3 is 2.61 bits per heavy atom. The topological polar surface area (TPSA) is 51.0 Å². The van der Waals surface area contributed by atoms with E-state index < -0.39 is 0 Å². The van der Waals surface area contributed by atoms with Crippen LogP contribution in [0.1, 0.15) is 16.2 Å². The Kier molecular flexibility index (Phi) is 4.96. The summed E-state index contributed by atoms with van der Waals surface area (Å²) >= 11 is 3.46. The second-order valence-electron chi connectivity index (χ2n) is 6.69. The lowest BCUT2D eigenvalue weighted by molar-refractivity contribution is 0.0782. The molecular formula is C22H19BrN4O. The number of halogens is 1. The van der Waals surface area contributed by atoms with E-state index in [9.17, 15) is 4.79 Å². The summed E-state index contributed by atoms with van der Waals surface area (Å²) in [7, 11) is 3.72. The van der Waals surface area contributed by atoms with Crippen LogP contribution in [0, 0.1) is 0 Å². The van der Waals surface area contributed by atoms with Gasteiger partial charge in [0, 0.05) is 41.9 Å². The highest BCUT2D eigenvalue weighted by Gasteiger charge is 2.18. The molecule has 0 bridgehead atoms. The summed E-state index contributed by atoms with van der Waals surface area (Å²) in [6.07, 6.45) is 3.61. The molecule has 4 aromatic rings. The molecule has 0 aliphatic heterocycles. The minimum absolute atomic E-state index is 0.0556. The summed E-state index contributed by atoms with van der Waals surface area (Å²) in [5, 5.41) is 0.847. The van der Waals surface area contributed by atoms with Crippen molar-refractivity contribution in [3.63, 3.8) is 0 Å². The SMILES string of the molecule is CN(Cc1nccn1C)C(=O)c1cc(-c2ccc(Br)cc2)nc2ccccc12. The van der Waals surface area contributed by atoms with Crippen LogP contribution in [0.15, 0.2) is 71.5 Å². The number of amides is 1. The molecule has 0 saturated heterocycles. The highest BCUT2D eigenvalue weighted by Crippen LogP contribution is 2.27. The number of pyridine rings is 1. The monoisotopic (exact) mass is 434 g/mol. The van der Waals surface area contributed by atoms with E-state index in [0.29, 0.717) is 12.1 Å². The van der Waals surface area contributed by atoms with E-state index in [0.717, 1.165) is 32.5 Å². The number of carbonyl (C=O) groups excluding carboxylic acids is 1. The smallest absolute Gasteiger partial charge is 0.254 e. The molecule has 0 N–H and O–H groups in total. The summed E-state index contributed by atoms with van der Waals surface area (Å²) < 4.78 is 2.92. The van der Waals surface area contributed by atoms with Gasteiger partial charge in [0.05, 0.1) is 23.3 Å². The van der Waals surface area contributed by atoms with E-state index in [1.165, 1.54) is 0 Å². The minimum atomic E-state index is -0.0556. The molecule has 0 radical (unpaired) electrons. The summed E-state index contributed by atoms with van der Waals surface area (Å²) in [6, 6.07) is 17.6. The van der Waals surface area contributed by atoms with E-state index in [-0.39, 0.29) is 5.91 Å². The van der Waals surface area contributed by atoms with E-state index in [1.807, 2.05) is 72.4 Å². The number of carbonyl (C=O) groups is 1. The van der Waals surface area contributed by atoms with Crippen LogP contribution in [0.25, 0.3) is 22.2 Å². The molecule has 0 aliphatic carbocycles. The van der Waals surface area contributed by atoms with Crippen LogP contribution >= 0.6 is 15.9 Å². The fraction of sp³-hybridized carbons (Fsp3) is 0.136. The van der Waals surface area contributed by atoms with E-state index >= 15 is 0 Å². The summed E-state index contributed by atoms with van der Waals surface area (Å²) in [4.78, 5) is 24.1. The quantitative estimate of drug-likeness (QED) is 0.468. The van der Waals surface area contributed by atoms with Gasteiger partial charge in [-0.15, -0.1) is 0 Å². The molecule has 1 amide bonds. The zero-order valence-corrected chi connectivity index (χ0v) is 17.2. The van der Waals surface area contributed by atoms with Gasteiger partial charge in [-0.05, 0) is 24.3 Å². The lowest BCUT2D eigenvalue weighted by Crippen LogP contribution is -2.27. The number of rotatable bonds is 4. The molecule has 0 unspecified atom stereocenters. The van der Waals surface area contributed by atoms with Crippen molar-refractivity contribution >= 4 is 32.7 Å². The molecule has 2 aromatic carbocycles. The van der Waals surface area contributed by atoms with Gasteiger partial charge in [-0.2, -0.15) is 0 Å². The standard InChI is InChI=1S/C22H19BrN4O/c1-26-12-11-24-21(26)14-27(2)22(28)18-13-20(15-7-9-16(23)10-8-15)25-19-6-4-3-5-17(18)19/h3-13H,14H2,1-2H3. The first-order chi connectivity index (χ1) is 13.5. The molecule has 28 heavy (non-hydrogen) atoms. The lowest BCUT2D eigenvalue weighted by atomic mass is 10.0. The van der Waals surface area contributed by atoms with Gasteiger partial charge in [0.2, 0.25) is 0 Å². The van der Waals surface area contributed by atoms with Crippen LogP contribution in [0.3, 0.4) is 0 Å². The Balaban J connectivity index is 1.77. The highest BCUT2D eigenvalue weighted by atomic mass is 79.9. The van der Waals surface area contributed by atoms with Gasteiger partial charge < -0.3 is 9.47 Å². The van der Waals surface area contributed by atoms with Crippen molar-refractivity contribution in [2.75, 3.05) is 7.05 Å². The van der Waals surface area contributed by atoms with Crippen LogP contribution in [0.5, 0.6) is 0 Å². The predicted molar refractivity (Wildman–Crippen MR) is 114 cm³/mol. The summed E-state index contributed by atoms with van der Waals surface area (Å²) in [6.45, 7) is 0.437. The number of benzene rings is 2. The maximum atomic E-state index is 13.3. The molecule has 0 aliphatic rings. The molecule has 0 fully saturated rings. The van der Waals surface area contributed by atoms with E-state index in [1.54, 1.807) is 18.1 Å². The first-order valence-corrected chi connectivity index (χ1v) is 9.69. The Hall–Kier alpha value is -2.99. The largest absolute Gasteiger partial charge is 0.337 e. The number of aryl methyl sites for hydroxylation is 1. The van der Waals surface area contributed by atoms with Crippen LogP contribution < -0.4 is 0 Å². The van der Waals surface area contributed by atoms with Crippen molar-refractivity contribution in [2.45, 2.75) is 6.54 Å². The Morgan fingerprint density at radius 2 is 1.89 bits per heavy atom. The molecule has 0 spiro atoms. The Labute approximate surface area is 171 Å². The minimum Gasteiger partial charge on any atom is -0.337 e. The van der Waals surface area contributed by atoms with Crippen molar-refractivity contribution < 1.29 is 4.79 Å². The van der Waals surface area contributed by atoms with Gasteiger partial charge in [-0.25, -0.2) is 9.97 Å². The Morgan fingerprint density at radius 1 is 1.14 bits per heavy atom. The highest BCUT2D eigenvalue weighted by molar-refractivity contribution is 9.10. The molecular weight excluding hydrogens is 416 g/mol. The van der Waals surface area contributed by atoms with Crippen LogP contribution in [-0.2, 0) is 13.6 Å².